The normalized spacial score (nSPS) is 16.2. The van der Waals surface area contributed by atoms with Crippen molar-refractivity contribution in [1.82, 2.24) is 0 Å². The van der Waals surface area contributed by atoms with Crippen LogP contribution in [0.15, 0.2) is 18.2 Å². The fraction of sp³-hybridized carbons (Fsp3) is 0.529. The summed E-state index contributed by atoms with van der Waals surface area (Å²) in [5.74, 6) is -2.46. The Morgan fingerprint density at radius 2 is 1.92 bits per heavy atom. The zero-order chi connectivity index (χ0) is 17.7. The van der Waals surface area contributed by atoms with Crippen molar-refractivity contribution in [2.24, 2.45) is 11.8 Å². The highest BCUT2D eigenvalue weighted by Gasteiger charge is 2.34. The van der Waals surface area contributed by atoms with Crippen molar-refractivity contribution in [1.29, 1.82) is 0 Å². The molecule has 1 aliphatic carbocycles. The number of esters is 1. The zero-order valence-corrected chi connectivity index (χ0v) is 12.9. The van der Waals surface area contributed by atoms with Crippen molar-refractivity contribution in [3.63, 3.8) is 0 Å². The molecule has 1 aliphatic rings. The van der Waals surface area contributed by atoms with E-state index >= 15 is 0 Å². The van der Waals surface area contributed by atoms with Crippen LogP contribution in [0.2, 0.25) is 0 Å². The highest BCUT2D eigenvalue weighted by molar-refractivity contribution is 5.79. The standard InChI is InChI=1S/C17H18F4O3.Mg.2H/c18-15-9-12(5-6-14(15)17(19,20)21)8-13(16(23)24-10-22)7-11-3-1-2-4-11;;;/h5-6,9-11,13H,1-4,7-8H2;;;. The largest absolute Gasteiger partial charge is 0.419 e. The first-order chi connectivity index (χ1) is 11.3. The van der Waals surface area contributed by atoms with Crippen molar-refractivity contribution in [3.05, 3.63) is 35.1 Å². The smallest absolute Gasteiger partial charge is 0.395 e. The first kappa shape index (κ1) is 21.9. The molecule has 0 heterocycles. The molecule has 1 saturated carbocycles. The lowest BCUT2D eigenvalue weighted by Crippen LogP contribution is -2.22. The van der Waals surface area contributed by atoms with E-state index in [4.69, 9.17) is 0 Å². The monoisotopic (exact) mass is 372 g/mol. The van der Waals surface area contributed by atoms with Gasteiger partial charge in [-0.3, -0.25) is 9.59 Å². The molecule has 0 aromatic heterocycles. The lowest BCUT2D eigenvalue weighted by atomic mass is 9.88. The number of halogens is 4. The Kier molecular flexibility index (Phi) is 8.33. The van der Waals surface area contributed by atoms with Crippen LogP contribution in [0.25, 0.3) is 0 Å². The molecular formula is C17H20F4MgO3. The highest BCUT2D eigenvalue weighted by Crippen LogP contribution is 2.34. The maximum Gasteiger partial charge on any atom is 0.419 e. The number of benzene rings is 1. The summed E-state index contributed by atoms with van der Waals surface area (Å²) in [6, 6.07) is 2.61. The molecule has 1 aromatic carbocycles. The first-order valence-corrected chi connectivity index (χ1v) is 7.81. The van der Waals surface area contributed by atoms with Gasteiger partial charge in [-0.2, -0.15) is 13.2 Å². The Balaban J connectivity index is 0.00000312. The number of ether oxygens (including phenoxy) is 1. The average Bonchev–Trinajstić information content (AvgIpc) is 2.98. The Morgan fingerprint density at radius 1 is 1.28 bits per heavy atom. The summed E-state index contributed by atoms with van der Waals surface area (Å²) in [6.07, 6.45) is -0.182. The van der Waals surface area contributed by atoms with Gasteiger partial charge in [0, 0.05) is 0 Å². The van der Waals surface area contributed by atoms with Crippen LogP contribution in [-0.2, 0) is 26.9 Å². The van der Waals surface area contributed by atoms with E-state index in [-0.39, 0.29) is 41.5 Å². The van der Waals surface area contributed by atoms with Gasteiger partial charge in [0.25, 0.3) is 0 Å². The minimum atomic E-state index is -4.76. The van der Waals surface area contributed by atoms with E-state index < -0.39 is 29.4 Å². The summed E-state index contributed by atoms with van der Waals surface area (Å²) in [5, 5.41) is 0. The van der Waals surface area contributed by atoms with E-state index in [1.54, 1.807) is 0 Å². The molecule has 1 fully saturated rings. The molecule has 1 atom stereocenters. The summed E-state index contributed by atoms with van der Waals surface area (Å²) in [5.41, 5.74) is -1.07. The molecule has 1 unspecified atom stereocenters. The Hall–Kier alpha value is -1.15. The summed E-state index contributed by atoms with van der Waals surface area (Å²) < 4.78 is 55.8. The van der Waals surface area contributed by atoms with Crippen LogP contribution in [-0.4, -0.2) is 35.5 Å². The van der Waals surface area contributed by atoms with Crippen LogP contribution in [0, 0.1) is 17.7 Å². The summed E-state index contributed by atoms with van der Waals surface area (Å²) in [7, 11) is 0. The Bertz CT molecular complexity index is 598. The van der Waals surface area contributed by atoms with Crippen molar-refractivity contribution in [2.45, 2.75) is 44.7 Å². The van der Waals surface area contributed by atoms with E-state index in [0.717, 1.165) is 37.8 Å². The van der Waals surface area contributed by atoms with Crippen LogP contribution in [0.3, 0.4) is 0 Å². The van der Waals surface area contributed by atoms with Gasteiger partial charge in [0.1, 0.15) is 5.82 Å². The van der Waals surface area contributed by atoms with Gasteiger partial charge in [0.15, 0.2) is 0 Å². The van der Waals surface area contributed by atoms with Gasteiger partial charge in [0.2, 0.25) is 0 Å². The summed E-state index contributed by atoms with van der Waals surface area (Å²) in [4.78, 5) is 22.3. The fourth-order valence-electron chi connectivity index (χ4n) is 3.25. The number of carbonyl (C=O) groups excluding carboxylic acids is 2. The second-order valence-electron chi connectivity index (χ2n) is 6.13. The molecule has 3 nitrogen and oxygen atoms in total. The van der Waals surface area contributed by atoms with Gasteiger partial charge in [-0.05, 0) is 36.5 Å². The Labute approximate surface area is 159 Å². The van der Waals surface area contributed by atoms with E-state index in [2.05, 4.69) is 4.74 Å². The predicted molar refractivity (Wildman–Crippen MR) is 85.9 cm³/mol. The Morgan fingerprint density at radius 3 is 2.44 bits per heavy atom. The highest BCUT2D eigenvalue weighted by atomic mass is 24.3. The third-order valence-corrected chi connectivity index (χ3v) is 4.41. The SMILES string of the molecule is O=COC(=O)C(Cc1ccc(C(F)(F)F)c(F)c1)CC1CCCC1.[MgH2]. The molecule has 0 amide bonds. The van der Waals surface area contributed by atoms with E-state index in [1.165, 1.54) is 0 Å². The maximum atomic E-state index is 13.7. The molecule has 0 spiro atoms. The van der Waals surface area contributed by atoms with Crippen molar-refractivity contribution >= 4 is 35.5 Å². The van der Waals surface area contributed by atoms with E-state index in [1.807, 2.05) is 0 Å². The number of rotatable bonds is 6. The molecule has 1 aromatic rings. The molecule has 0 bridgehead atoms. The molecule has 0 N–H and O–H groups in total. The molecular weight excluding hydrogens is 352 g/mol. The van der Waals surface area contributed by atoms with Gasteiger partial charge in [-0.15, -0.1) is 0 Å². The fourth-order valence-corrected chi connectivity index (χ4v) is 3.25. The van der Waals surface area contributed by atoms with Crippen LogP contribution in [0.5, 0.6) is 0 Å². The van der Waals surface area contributed by atoms with E-state index in [9.17, 15) is 27.2 Å². The third-order valence-electron chi connectivity index (χ3n) is 4.41. The van der Waals surface area contributed by atoms with Gasteiger partial charge < -0.3 is 4.74 Å². The molecule has 8 heteroatoms. The zero-order valence-electron chi connectivity index (χ0n) is 12.9. The second-order valence-corrected chi connectivity index (χ2v) is 6.13. The molecule has 0 saturated heterocycles. The molecule has 136 valence electrons. The lowest BCUT2D eigenvalue weighted by Gasteiger charge is -2.18. The van der Waals surface area contributed by atoms with Gasteiger partial charge >= 0.3 is 41.7 Å². The molecule has 0 aliphatic heterocycles. The molecule has 25 heavy (non-hydrogen) atoms. The number of hydrogen-bond donors (Lipinski definition) is 0. The second kappa shape index (κ2) is 9.52. The number of hydrogen-bond acceptors (Lipinski definition) is 3. The van der Waals surface area contributed by atoms with Crippen molar-refractivity contribution in [2.75, 3.05) is 0 Å². The predicted octanol–water partition coefficient (Wildman–Crippen LogP) is 3.37. The van der Waals surface area contributed by atoms with Crippen LogP contribution in [0.1, 0.15) is 43.2 Å². The minimum absolute atomic E-state index is 0. The first-order valence-electron chi connectivity index (χ1n) is 7.81. The van der Waals surface area contributed by atoms with Gasteiger partial charge in [-0.1, -0.05) is 31.7 Å². The molecule has 0 radical (unpaired) electrons. The van der Waals surface area contributed by atoms with Crippen molar-refractivity contribution in [3.8, 4) is 0 Å². The maximum absolute atomic E-state index is 13.7. The summed E-state index contributed by atoms with van der Waals surface area (Å²) >= 11 is 0. The quantitative estimate of drug-likeness (QED) is 0.253. The van der Waals surface area contributed by atoms with Gasteiger partial charge in [-0.25, -0.2) is 4.39 Å². The van der Waals surface area contributed by atoms with Crippen molar-refractivity contribution < 1.29 is 31.9 Å². The number of carbonyl (C=O) groups is 2. The number of alkyl halides is 3. The van der Waals surface area contributed by atoms with Crippen LogP contribution in [0.4, 0.5) is 17.6 Å². The lowest BCUT2D eigenvalue weighted by molar-refractivity contribution is -0.155. The third kappa shape index (κ3) is 6.25. The summed E-state index contributed by atoms with van der Waals surface area (Å²) in [6.45, 7) is 0.0390. The molecule has 2 rings (SSSR count). The van der Waals surface area contributed by atoms with Crippen LogP contribution >= 0.6 is 0 Å². The van der Waals surface area contributed by atoms with Crippen LogP contribution < -0.4 is 0 Å². The topological polar surface area (TPSA) is 43.4 Å². The van der Waals surface area contributed by atoms with Gasteiger partial charge in [0.05, 0.1) is 11.5 Å². The minimum Gasteiger partial charge on any atom is -0.395 e. The van der Waals surface area contributed by atoms with E-state index in [0.29, 0.717) is 18.4 Å². The average molecular weight is 373 g/mol.